The molecule has 1 aromatic carbocycles. The molecule has 0 aliphatic heterocycles. The fraction of sp³-hybridized carbons (Fsp3) is 0.556. The van der Waals surface area contributed by atoms with Crippen molar-refractivity contribution in [3.63, 3.8) is 0 Å². The number of imidazole rings is 1. The molecule has 23 heavy (non-hydrogen) atoms. The highest BCUT2D eigenvalue weighted by Crippen LogP contribution is 2.18. The van der Waals surface area contributed by atoms with E-state index < -0.39 is 6.10 Å². The van der Waals surface area contributed by atoms with Crippen LogP contribution in [-0.2, 0) is 6.54 Å². The van der Waals surface area contributed by atoms with Gasteiger partial charge in [0.15, 0.2) is 0 Å². The van der Waals surface area contributed by atoms with Crippen LogP contribution in [-0.4, -0.2) is 45.3 Å². The van der Waals surface area contributed by atoms with Gasteiger partial charge in [-0.1, -0.05) is 6.92 Å². The van der Waals surface area contributed by atoms with Crippen LogP contribution in [0.1, 0.15) is 25.0 Å². The van der Waals surface area contributed by atoms with Crippen molar-refractivity contribution in [1.29, 1.82) is 5.26 Å². The smallest absolute Gasteiger partial charge is 0.0959 e. The highest BCUT2D eigenvalue weighted by atomic mass is 16.3. The summed E-state index contributed by atoms with van der Waals surface area (Å²) in [7, 11) is 0. The van der Waals surface area contributed by atoms with Gasteiger partial charge in [-0.2, -0.15) is 5.26 Å². The summed E-state index contributed by atoms with van der Waals surface area (Å²) in [4.78, 5) is 6.55. The van der Waals surface area contributed by atoms with E-state index in [1.54, 1.807) is 6.33 Å². The van der Waals surface area contributed by atoms with Crippen LogP contribution in [0.2, 0.25) is 0 Å². The summed E-state index contributed by atoms with van der Waals surface area (Å²) in [5.41, 5.74) is 4.48. The van der Waals surface area contributed by atoms with Gasteiger partial charge >= 0.3 is 0 Å². The topological polar surface area (TPSA) is 65.1 Å². The molecule has 124 valence electrons. The molecule has 1 aromatic heterocycles. The molecular formula is C18H26N4O. The number of aromatic nitrogens is 2. The highest BCUT2D eigenvalue weighted by Gasteiger charge is 2.15. The first-order valence-electron chi connectivity index (χ1n) is 8.16. The summed E-state index contributed by atoms with van der Waals surface area (Å²) in [5, 5.41) is 19.4. The number of fused-ring (bicyclic) bond motifs is 1. The zero-order valence-corrected chi connectivity index (χ0v) is 14.5. The molecule has 0 bridgehead atoms. The third-order valence-electron chi connectivity index (χ3n) is 4.31. The monoisotopic (exact) mass is 314 g/mol. The molecule has 5 nitrogen and oxygen atoms in total. The Morgan fingerprint density at radius 1 is 1.30 bits per heavy atom. The quantitative estimate of drug-likeness (QED) is 0.853. The standard InChI is InChI=1S/C18H26N4O/c1-5-21(9-13(2)8-19)10-16(23)11-22-12-20-17-6-14(3)15(4)7-18(17)22/h6-7,12-13,16,23H,5,9-11H2,1-4H3. The van der Waals surface area contributed by atoms with Gasteiger partial charge in [-0.3, -0.25) is 4.90 Å². The SMILES string of the molecule is CCN(CC(C)C#N)CC(O)Cn1cnc2cc(C)c(C)cc21. The summed E-state index contributed by atoms with van der Waals surface area (Å²) in [5.74, 6) is -0.0261. The van der Waals surface area contributed by atoms with Crippen molar-refractivity contribution >= 4 is 11.0 Å². The normalized spacial score (nSPS) is 14.1. The van der Waals surface area contributed by atoms with Gasteiger partial charge in [-0.25, -0.2) is 4.98 Å². The molecule has 5 heteroatoms. The van der Waals surface area contributed by atoms with Gasteiger partial charge in [0.1, 0.15) is 0 Å². The van der Waals surface area contributed by atoms with Crippen LogP contribution in [0.3, 0.4) is 0 Å². The Bertz CT molecular complexity index is 701. The molecule has 2 aromatic rings. The first-order chi connectivity index (χ1) is 10.9. The lowest BCUT2D eigenvalue weighted by Crippen LogP contribution is -2.37. The maximum atomic E-state index is 10.4. The van der Waals surface area contributed by atoms with Gasteiger partial charge in [-0.05, 0) is 50.6 Å². The van der Waals surface area contributed by atoms with Gasteiger partial charge in [0.05, 0.1) is 42.0 Å². The molecule has 0 aliphatic rings. The van der Waals surface area contributed by atoms with Gasteiger partial charge in [0.2, 0.25) is 0 Å². The van der Waals surface area contributed by atoms with Crippen molar-refractivity contribution in [3.05, 3.63) is 29.6 Å². The third kappa shape index (κ3) is 4.31. The van der Waals surface area contributed by atoms with Crippen molar-refractivity contribution in [1.82, 2.24) is 14.5 Å². The van der Waals surface area contributed by atoms with E-state index in [0.29, 0.717) is 19.6 Å². The van der Waals surface area contributed by atoms with E-state index in [0.717, 1.165) is 17.6 Å². The second-order valence-corrected chi connectivity index (χ2v) is 6.36. The minimum absolute atomic E-state index is 0.0261. The van der Waals surface area contributed by atoms with Crippen LogP contribution in [0.5, 0.6) is 0 Å². The Hall–Kier alpha value is -1.90. The Morgan fingerprint density at radius 3 is 2.65 bits per heavy atom. The van der Waals surface area contributed by atoms with Crippen LogP contribution >= 0.6 is 0 Å². The van der Waals surface area contributed by atoms with E-state index in [2.05, 4.69) is 48.9 Å². The van der Waals surface area contributed by atoms with Crippen LogP contribution in [0.25, 0.3) is 11.0 Å². The van der Waals surface area contributed by atoms with E-state index >= 15 is 0 Å². The largest absolute Gasteiger partial charge is 0.390 e. The number of aryl methyl sites for hydroxylation is 2. The summed E-state index contributed by atoms with van der Waals surface area (Å²) >= 11 is 0. The van der Waals surface area contributed by atoms with Gasteiger partial charge < -0.3 is 9.67 Å². The average Bonchev–Trinajstić information content (AvgIpc) is 2.88. The lowest BCUT2D eigenvalue weighted by molar-refractivity contribution is 0.0978. The number of likely N-dealkylation sites (N-methyl/N-ethyl adjacent to an activating group) is 1. The molecule has 0 radical (unpaired) electrons. The van der Waals surface area contributed by atoms with Crippen LogP contribution in [0.4, 0.5) is 0 Å². The third-order valence-corrected chi connectivity index (χ3v) is 4.31. The lowest BCUT2D eigenvalue weighted by atomic mass is 10.1. The lowest BCUT2D eigenvalue weighted by Gasteiger charge is -2.24. The first-order valence-corrected chi connectivity index (χ1v) is 8.16. The minimum atomic E-state index is -0.486. The number of aliphatic hydroxyl groups is 1. The van der Waals surface area contributed by atoms with E-state index in [9.17, 15) is 5.11 Å². The van der Waals surface area contributed by atoms with Crippen LogP contribution < -0.4 is 0 Å². The summed E-state index contributed by atoms with van der Waals surface area (Å²) in [6.45, 7) is 10.7. The molecule has 2 atom stereocenters. The van der Waals surface area contributed by atoms with E-state index in [1.165, 1.54) is 11.1 Å². The number of hydrogen-bond acceptors (Lipinski definition) is 4. The van der Waals surface area contributed by atoms with Crippen molar-refractivity contribution in [2.45, 2.75) is 40.3 Å². The van der Waals surface area contributed by atoms with Gasteiger partial charge in [0.25, 0.3) is 0 Å². The molecule has 0 amide bonds. The average molecular weight is 314 g/mol. The molecule has 1 N–H and O–H groups in total. The maximum Gasteiger partial charge on any atom is 0.0959 e. The fourth-order valence-corrected chi connectivity index (χ4v) is 2.80. The number of hydrogen-bond donors (Lipinski definition) is 1. The summed E-state index contributed by atoms with van der Waals surface area (Å²) < 4.78 is 2.01. The Balaban J connectivity index is 2.06. The van der Waals surface area contributed by atoms with E-state index in [-0.39, 0.29) is 5.92 Å². The maximum absolute atomic E-state index is 10.4. The van der Waals surface area contributed by atoms with Crippen LogP contribution in [0, 0.1) is 31.1 Å². The molecule has 0 aliphatic carbocycles. The highest BCUT2D eigenvalue weighted by molar-refractivity contribution is 5.77. The van der Waals surface area contributed by atoms with Gasteiger partial charge in [0, 0.05) is 13.1 Å². The Labute approximate surface area is 138 Å². The van der Waals surface area contributed by atoms with Crippen molar-refractivity contribution in [2.24, 2.45) is 5.92 Å². The molecule has 0 saturated carbocycles. The number of nitrogens with zero attached hydrogens (tertiary/aromatic N) is 4. The van der Waals surface area contributed by atoms with Crippen molar-refractivity contribution in [2.75, 3.05) is 19.6 Å². The molecule has 0 saturated heterocycles. The molecule has 0 fully saturated rings. The van der Waals surface area contributed by atoms with Crippen molar-refractivity contribution < 1.29 is 5.11 Å². The van der Waals surface area contributed by atoms with Crippen LogP contribution in [0.15, 0.2) is 18.5 Å². The minimum Gasteiger partial charge on any atom is -0.390 e. The predicted molar refractivity (Wildman–Crippen MR) is 92.1 cm³/mol. The van der Waals surface area contributed by atoms with E-state index in [1.807, 2.05) is 11.5 Å². The number of aliphatic hydroxyl groups excluding tert-OH is 1. The zero-order valence-electron chi connectivity index (χ0n) is 14.5. The Morgan fingerprint density at radius 2 is 2.00 bits per heavy atom. The number of nitriles is 1. The second kappa shape index (κ2) is 7.58. The molecule has 1 heterocycles. The number of rotatable bonds is 7. The zero-order chi connectivity index (χ0) is 17.0. The predicted octanol–water partition coefficient (Wildman–Crippen LogP) is 2.50. The van der Waals surface area contributed by atoms with Crippen molar-refractivity contribution in [3.8, 4) is 6.07 Å². The summed E-state index contributed by atoms with van der Waals surface area (Å²) in [6.07, 6.45) is 1.31. The molecule has 2 unspecified atom stereocenters. The fourth-order valence-electron chi connectivity index (χ4n) is 2.80. The first kappa shape index (κ1) is 17.5. The second-order valence-electron chi connectivity index (χ2n) is 6.36. The summed E-state index contributed by atoms with van der Waals surface area (Å²) in [6, 6.07) is 6.45. The molecule has 0 spiro atoms. The molecule has 2 rings (SSSR count). The number of benzene rings is 1. The van der Waals surface area contributed by atoms with Gasteiger partial charge in [-0.15, -0.1) is 0 Å². The van der Waals surface area contributed by atoms with E-state index in [4.69, 9.17) is 5.26 Å². The molecular weight excluding hydrogens is 288 g/mol. The Kier molecular flexibility index (Phi) is 5.75.